The van der Waals surface area contributed by atoms with Crippen LogP contribution in [0.15, 0.2) is 64.4 Å². The molecule has 0 saturated heterocycles. The number of H-pyrrole nitrogens is 2. The number of thiazole rings is 1. The van der Waals surface area contributed by atoms with Gasteiger partial charge in [0.25, 0.3) is 5.56 Å². The number of aromatic nitrogens is 3. The second-order valence-electron chi connectivity index (χ2n) is 6.71. The summed E-state index contributed by atoms with van der Waals surface area (Å²) in [5.74, 6) is 0. The SMILES string of the molecule is Cc1cnc(NCCC(Cc2ccccc2)Sc2ccc3c(=O)[nH][nH]c3c2)s1. The lowest BCUT2D eigenvalue weighted by Crippen LogP contribution is -2.13. The van der Waals surface area contributed by atoms with E-state index >= 15 is 0 Å². The van der Waals surface area contributed by atoms with Crippen molar-refractivity contribution in [3.63, 3.8) is 0 Å². The first-order valence-electron chi connectivity index (χ1n) is 9.25. The molecule has 1 unspecified atom stereocenters. The van der Waals surface area contributed by atoms with E-state index in [1.54, 1.807) is 11.3 Å². The number of anilines is 1. The summed E-state index contributed by atoms with van der Waals surface area (Å²) in [4.78, 5) is 18.5. The number of nitrogens with zero attached hydrogens (tertiary/aromatic N) is 1. The van der Waals surface area contributed by atoms with Crippen molar-refractivity contribution in [3.05, 3.63) is 75.5 Å². The highest BCUT2D eigenvalue weighted by Crippen LogP contribution is 2.30. The maximum absolute atomic E-state index is 11.7. The van der Waals surface area contributed by atoms with Crippen LogP contribution in [0.4, 0.5) is 5.13 Å². The lowest BCUT2D eigenvalue weighted by atomic mass is 10.1. The minimum absolute atomic E-state index is 0.0738. The van der Waals surface area contributed by atoms with E-state index in [0.717, 1.165) is 34.9 Å². The van der Waals surface area contributed by atoms with E-state index in [1.165, 1.54) is 10.4 Å². The Morgan fingerprint density at radius 3 is 2.82 bits per heavy atom. The molecule has 0 radical (unpaired) electrons. The summed E-state index contributed by atoms with van der Waals surface area (Å²) in [6.45, 7) is 2.94. The van der Waals surface area contributed by atoms with E-state index in [-0.39, 0.29) is 5.56 Å². The highest BCUT2D eigenvalue weighted by atomic mass is 32.2. The zero-order valence-corrected chi connectivity index (χ0v) is 17.2. The molecular formula is C21H22N4OS2. The van der Waals surface area contributed by atoms with E-state index < -0.39 is 0 Å². The minimum atomic E-state index is -0.0738. The number of aryl methyl sites for hydroxylation is 1. The fourth-order valence-electron chi connectivity index (χ4n) is 3.14. The first kappa shape index (κ1) is 18.8. The smallest absolute Gasteiger partial charge is 0.271 e. The quantitative estimate of drug-likeness (QED) is 0.364. The summed E-state index contributed by atoms with van der Waals surface area (Å²) < 4.78 is 0. The van der Waals surface area contributed by atoms with Gasteiger partial charge in [-0.05, 0) is 43.5 Å². The lowest BCUT2D eigenvalue weighted by molar-refractivity contribution is 0.781. The Labute approximate surface area is 171 Å². The van der Waals surface area contributed by atoms with Crippen LogP contribution in [0.25, 0.3) is 10.9 Å². The molecule has 0 saturated carbocycles. The van der Waals surface area contributed by atoms with E-state index in [0.29, 0.717) is 10.6 Å². The third kappa shape index (κ3) is 4.66. The number of nitrogens with one attached hydrogen (secondary N) is 3. The zero-order valence-electron chi connectivity index (χ0n) is 15.6. The molecule has 0 aliphatic rings. The third-order valence-electron chi connectivity index (χ3n) is 4.52. The molecule has 1 atom stereocenters. The maximum Gasteiger partial charge on any atom is 0.271 e. The van der Waals surface area contributed by atoms with Crippen molar-refractivity contribution in [2.24, 2.45) is 0 Å². The molecule has 0 aliphatic heterocycles. The Kier molecular flexibility index (Phi) is 5.83. The van der Waals surface area contributed by atoms with Gasteiger partial charge < -0.3 is 5.32 Å². The van der Waals surface area contributed by atoms with Crippen LogP contribution < -0.4 is 10.9 Å². The highest BCUT2D eigenvalue weighted by molar-refractivity contribution is 8.00. The molecule has 5 nitrogen and oxygen atoms in total. The van der Waals surface area contributed by atoms with Crippen molar-refractivity contribution in [1.29, 1.82) is 0 Å². The molecule has 0 fully saturated rings. The number of thioether (sulfide) groups is 1. The standard InChI is InChI=1S/C21H22N4OS2/c1-14-13-23-21(27-14)22-10-9-17(11-15-5-3-2-4-6-15)28-16-7-8-18-19(12-16)24-25-20(18)26/h2-8,12-13,17H,9-11H2,1H3,(H,22,23)(H2,24,25,26). The fourth-order valence-corrected chi connectivity index (χ4v) is 5.06. The van der Waals surface area contributed by atoms with Gasteiger partial charge in [-0.1, -0.05) is 30.3 Å². The maximum atomic E-state index is 11.7. The Morgan fingerprint density at radius 2 is 2.04 bits per heavy atom. The van der Waals surface area contributed by atoms with Crippen molar-refractivity contribution in [2.75, 3.05) is 11.9 Å². The summed E-state index contributed by atoms with van der Waals surface area (Å²) >= 11 is 3.54. The number of benzene rings is 2. The summed E-state index contributed by atoms with van der Waals surface area (Å²) in [6, 6.07) is 16.6. The van der Waals surface area contributed by atoms with E-state index in [1.807, 2.05) is 42.2 Å². The molecule has 2 aromatic heterocycles. The predicted molar refractivity (Wildman–Crippen MR) is 119 cm³/mol. The number of fused-ring (bicyclic) bond motifs is 1. The Bertz CT molecular complexity index is 1100. The van der Waals surface area contributed by atoms with E-state index in [4.69, 9.17) is 0 Å². The van der Waals surface area contributed by atoms with Gasteiger partial charge in [-0.25, -0.2) is 4.98 Å². The molecule has 0 bridgehead atoms. The summed E-state index contributed by atoms with van der Waals surface area (Å²) in [6.07, 6.45) is 3.90. The van der Waals surface area contributed by atoms with Crippen LogP contribution in [-0.2, 0) is 6.42 Å². The molecule has 7 heteroatoms. The third-order valence-corrected chi connectivity index (χ3v) is 6.65. The van der Waals surface area contributed by atoms with E-state index in [2.05, 4.69) is 51.7 Å². The Morgan fingerprint density at radius 1 is 1.18 bits per heavy atom. The molecule has 0 aliphatic carbocycles. The molecule has 2 aromatic carbocycles. The normalized spacial score (nSPS) is 12.3. The lowest BCUT2D eigenvalue weighted by Gasteiger charge is -2.17. The average molecular weight is 411 g/mol. The zero-order chi connectivity index (χ0) is 19.3. The molecule has 0 amide bonds. The molecule has 28 heavy (non-hydrogen) atoms. The highest BCUT2D eigenvalue weighted by Gasteiger charge is 2.13. The van der Waals surface area contributed by atoms with Crippen LogP contribution in [0.2, 0.25) is 0 Å². The molecule has 3 N–H and O–H groups in total. The van der Waals surface area contributed by atoms with Crippen molar-refractivity contribution >= 4 is 39.1 Å². The van der Waals surface area contributed by atoms with Crippen molar-refractivity contribution in [1.82, 2.24) is 15.2 Å². The van der Waals surface area contributed by atoms with Crippen LogP contribution in [0.1, 0.15) is 16.9 Å². The molecule has 4 rings (SSSR count). The van der Waals surface area contributed by atoms with Gasteiger partial charge in [-0.2, -0.15) is 0 Å². The van der Waals surface area contributed by atoms with Crippen LogP contribution >= 0.6 is 23.1 Å². The summed E-state index contributed by atoms with van der Waals surface area (Å²) in [7, 11) is 0. The number of rotatable bonds is 8. The number of hydrogen-bond acceptors (Lipinski definition) is 5. The second-order valence-corrected chi connectivity index (χ2v) is 9.32. The van der Waals surface area contributed by atoms with Gasteiger partial charge in [-0.3, -0.25) is 15.0 Å². The fraction of sp³-hybridized carbons (Fsp3) is 0.238. The monoisotopic (exact) mass is 410 g/mol. The van der Waals surface area contributed by atoms with Gasteiger partial charge in [-0.15, -0.1) is 23.1 Å². The average Bonchev–Trinajstić information content (AvgIpc) is 3.28. The van der Waals surface area contributed by atoms with Crippen molar-refractivity contribution in [2.45, 2.75) is 29.9 Å². The van der Waals surface area contributed by atoms with Gasteiger partial charge in [0, 0.05) is 27.8 Å². The van der Waals surface area contributed by atoms with Crippen LogP contribution in [0.5, 0.6) is 0 Å². The largest absolute Gasteiger partial charge is 0.361 e. The van der Waals surface area contributed by atoms with Crippen molar-refractivity contribution in [3.8, 4) is 0 Å². The Hall–Kier alpha value is -2.51. The van der Waals surface area contributed by atoms with Crippen LogP contribution in [0, 0.1) is 6.92 Å². The van der Waals surface area contributed by atoms with E-state index in [9.17, 15) is 4.79 Å². The van der Waals surface area contributed by atoms with Gasteiger partial charge in [0.1, 0.15) is 0 Å². The van der Waals surface area contributed by atoms with Gasteiger partial charge in [0.15, 0.2) is 5.13 Å². The molecule has 2 heterocycles. The topological polar surface area (TPSA) is 73.6 Å². The van der Waals surface area contributed by atoms with Crippen LogP contribution in [0.3, 0.4) is 0 Å². The second kappa shape index (κ2) is 8.67. The van der Waals surface area contributed by atoms with Crippen molar-refractivity contribution < 1.29 is 0 Å². The predicted octanol–water partition coefficient (Wildman–Crippen LogP) is 4.83. The first-order valence-corrected chi connectivity index (χ1v) is 10.9. The molecule has 144 valence electrons. The number of hydrogen-bond donors (Lipinski definition) is 3. The number of aromatic amines is 2. The molecule has 0 spiro atoms. The Balaban J connectivity index is 1.46. The summed E-state index contributed by atoms with van der Waals surface area (Å²) in [5.41, 5.74) is 2.11. The first-order chi connectivity index (χ1) is 13.7. The molecular weight excluding hydrogens is 388 g/mol. The van der Waals surface area contributed by atoms with Crippen LogP contribution in [-0.4, -0.2) is 27.0 Å². The van der Waals surface area contributed by atoms with Gasteiger partial charge in [0.05, 0.1) is 10.9 Å². The minimum Gasteiger partial charge on any atom is -0.361 e. The summed E-state index contributed by atoms with van der Waals surface area (Å²) in [5, 5.41) is 11.1. The van der Waals surface area contributed by atoms with Gasteiger partial charge >= 0.3 is 0 Å². The molecule has 4 aromatic rings. The van der Waals surface area contributed by atoms with Gasteiger partial charge in [0.2, 0.25) is 0 Å².